The van der Waals surface area contributed by atoms with Gasteiger partial charge in [0, 0.05) is 25.2 Å². The highest BCUT2D eigenvalue weighted by molar-refractivity contribution is 5.92. The van der Waals surface area contributed by atoms with Gasteiger partial charge in [-0.05, 0) is 50.6 Å². The largest absolute Gasteiger partial charge is 0.340 e. The lowest BCUT2D eigenvalue weighted by Crippen LogP contribution is -2.43. The third-order valence-electron chi connectivity index (χ3n) is 5.32. The molecular formula is C23H29N3O2. The van der Waals surface area contributed by atoms with E-state index >= 15 is 0 Å². The topological polar surface area (TPSA) is 52.7 Å². The Balaban J connectivity index is 1.42. The second-order valence-electron chi connectivity index (χ2n) is 7.64. The molecule has 0 saturated carbocycles. The van der Waals surface area contributed by atoms with Gasteiger partial charge in [0.25, 0.3) is 0 Å². The van der Waals surface area contributed by atoms with Gasteiger partial charge in [-0.2, -0.15) is 0 Å². The van der Waals surface area contributed by atoms with Crippen molar-refractivity contribution in [3.05, 3.63) is 65.7 Å². The number of carbonyl (C=O) groups is 2. The maximum Gasteiger partial charge on any atom is 0.236 e. The molecule has 28 heavy (non-hydrogen) atoms. The lowest BCUT2D eigenvalue weighted by molar-refractivity contribution is -0.132. The van der Waals surface area contributed by atoms with Gasteiger partial charge in [0.15, 0.2) is 0 Å². The number of piperidine rings is 1. The Kier molecular flexibility index (Phi) is 6.82. The first-order chi connectivity index (χ1) is 13.5. The van der Waals surface area contributed by atoms with Crippen LogP contribution in [0.3, 0.4) is 0 Å². The van der Waals surface area contributed by atoms with Gasteiger partial charge in [-0.15, -0.1) is 0 Å². The zero-order valence-corrected chi connectivity index (χ0v) is 16.7. The van der Waals surface area contributed by atoms with Gasteiger partial charge in [0.1, 0.15) is 0 Å². The predicted octanol–water partition coefficient (Wildman–Crippen LogP) is 3.30. The molecule has 0 bridgehead atoms. The molecule has 1 fully saturated rings. The normalized spacial score (nSPS) is 15.2. The number of carbonyl (C=O) groups excluding carboxylic acids is 2. The number of hydrogen-bond acceptors (Lipinski definition) is 3. The van der Waals surface area contributed by atoms with Crippen LogP contribution in [-0.4, -0.2) is 48.3 Å². The van der Waals surface area contributed by atoms with Crippen LogP contribution in [0.2, 0.25) is 0 Å². The van der Waals surface area contributed by atoms with E-state index in [1.54, 1.807) is 4.90 Å². The van der Waals surface area contributed by atoms with Crippen LogP contribution in [0.25, 0.3) is 0 Å². The molecule has 0 aliphatic carbocycles. The molecule has 0 aromatic heterocycles. The molecule has 2 aromatic carbocycles. The van der Waals surface area contributed by atoms with Crippen LogP contribution in [0, 0.1) is 12.8 Å². The fourth-order valence-corrected chi connectivity index (χ4v) is 3.49. The zero-order valence-electron chi connectivity index (χ0n) is 16.7. The van der Waals surface area contributed by atoms with Crippen LogP contribution in [0.4, 0.5) is 5.69 Å². The van der Waals surface area contributed by atoms with Crippen LogP contribution in [0.15, 0.2) is 54.6 Å². The summed E-state index contributed by atoms with van der Waals surface area (Å²) in [6.45, 7) is 4.64. The minimum Gasteiger partial charge on any atom is -0.340 e. The zero-order chi connectivity index (χ0) is 19.9. The molecule has 3 rings (SSSR count). The molecule has 1 saturated heterocycles. The van der Waals surface area contributed by atoms with Gasteiger partial charge in [-0.25, -0.2) is 0 Å². The molecule has 2 amide bonds. The van der Waals surface area contributed by atoms with Crippen LogP contribution < -0.4 is 5.32 Å². The van der Waals surface area contributed by atoms with Gasteiger partial charge in [0.2, 0.25) is 11.8 Å². The summed E-state index contributed by atoms with van der Waals surface area (Å²) in [7, 11) is 1.85. The SMILES string of the molecule is Cc1ccc(CN(C)C(=O)CN2CCC(C(=O)Nc3ccccc3)CC2)cc1. The fourth-order valence-electron chi connectivity index (χ4n) is 3.49. The van der Waals surface area contributed by atoms with E-state index in [9.17, 15) is 9.59 Å². The van der Waals surface area contributed by atoms with E-state index in [4.69, 9.17) is 0 Å². The van der Waals surface area contributed by atoms with E-state index in [2.05, 4.69) is 41.4 Å². The Morgan fingerprint density at radius 2 is 1.68 bits per heavy atom. The van der Waals surface area contributed by atoms with E-state index in [1.807, 2.05) is 37.4 Å². The van der Waals surface area contributed by atoms with Crippen molar-refractivity contribution in [1.29, 1.82) is 0 Å². The molecule has 1 aliphatic heterocycles. The van der Waals surface area contributed by atoms with Crippen molar-refractivity contribution < 1.29 is 9.59 Å². The van der Waals surface area contributed by atoms with Crippen molar-refractivity contribution in [2.75, 3.05) is 32.0 Å². The quantitative estimate of drug-likeness (QED) is 0.838. The first-order valence-electron chi connectivity index (χ1n) is 9.89. The van der Waals surface area contributed by atoms with Crippen LogP contribution in [0.1, 0.15) is 24.0 Å². The fraction of sp³-hybridized carbons (Fsp3) is 0.391. The van der Waals surface area contributed by atoms with Gasteiger partial charge < -0.3 is 10.2 Å². The van der Waals surface area contributed by atoms with E-state index in [-0.39, 0.29) is 17.7 Å². The van der Waals surface area contributed by atoms with Crippen molar-refractivity contribution in [3.8, 4) is 0 Å². The molecule has 0 atom stereocenters. The Bertz CT molecular complexity index is 781. The summed E-state index contributed by atoms with van der Waals surface area (Å²) in [6, 6.07) is 17.8. The molecule has 1 aliphatic rings. The second-order valence-corrected chi connectivity index (χ2v) is 7.64. The Morgan fingerprint density at radius 1 is 1.04 bits per heavy atom. The maximum absolute atomic E-state index is 12.5. The van der Waals surface area contributed by atoms with Crippen molar-refractivity contribution >= 4 is 17.5 Å². The number of likely N-dealkylation sites (N-methyl/N-ethyl adjacent to an activating group) is 1. The first kappa shape index (κ1) is 20.1. The van der Waals surface area contributed by atoms with Gasteiger partial charge in [-0.3, -0.25) is 14.5 Å². The summed E-state index contributed by atoms with van der Waals surface area (Å²) in [5.41, 5.74) is 3.19. The number of hydrogen-bond donors (Lipinski definition) is 1. The minimum atomic E-state index is 0.0110. The second kappa shape index (κ2) is 9.51. The summed E-state index contributed by atoms with van der Waals surface area (Å²) in [5, 5.41) is 2.98. The maximum atomic E-state index is 12.5. The van der Waals surface area contributed by atoms with Crippen molar-refractivity contribution in [2.45, 2.75) is 26.3 Å². The van der Waals surface area contributed by atoms with Crippen LogP contribution in [0.5, 0.6) is 0 Å². The molecule has 0 spiro atoms. The van der Waals surface area contributed by atoms with Gasteiger partial charge in [0.05, 0.1) is 6.54 Å². The number of aryl methyl sites for hydroxylation is 1. The number of nitrogens with one attached hydrogen (secondary N) is 1. The number of para-hydroxylation sites is 1. The number of likely N-dealkylation sites (tertiary alicyclic amines) is 1. The summed E-state index contributed by atoms with van der Waals surface area (Å²) >= 11 is 0. The lowest BCUT2D eigenvalue weighted by Gasteiger charge is -2.32. The number of rotatable bonds is 6. The predicted molar refractivity (Wildman–Crippen MR) is 112 cm³/mol. The number of nitrogens with zero attached hydrogens (tertiary/aromatic N) is 2. The molecule has 1 heterocycles. The Hall–Kier alpha value is -2.66. The third-order valence-corrected chi connectivity index (χ3v) is 5.32. The average molecular weight is 380 g/mol. The van der Waals surface area contributed by atoms with Gasteiger partial charge in [-0.1, -0.05) is 48.0 Å². The van der Waals surface area contributed by atoms with Crippen molar-refractivity contribution in [2.24, 2.45) is 5.92 Å². The standard InChI is InChI=1S/C23H29N3O2/c1-18-8-10-19(11-9-18)16-25(2)22(27)17-26-14-12-20(13-15-26)23(28)24-21-6-4-3-5-7-21/h3-11,20H,12-17H2,1-2H3,(H,24,28). The molecule has 148 valence electrons. The van der Waals surface area contributed by atoms with E-state index < -0.39 is 0 Å². The van der Waals surface area contributed by atoms with Crippen molar-refractivity contribution in [3.63, 3.8) is 0 Å². The minimum absolute atomic E-state index is 0.0110. The first-order valence-corrected chi connectivity index (χ1v) is 9.89. The highest BCUT2D eigenvalue weighted by Gasteiger charge is 2.26. The smallest absolute Gasteiger partial charge is 0.236 e. The van der Waals surface area contributed by atoms with E-state index in [0.29, 0.717) is 13.1 Å². The Morgan fingerprint density at radius 3 is 2.32 bits per heavy atom. The monoisotopic (exact) mass is 379 g/mol. The number of benzene rings is 2. The summed E-state index contributed by atoms with van der Waals surface area (Å²) < 4.78 is 0. The highest BCUT2D eigenvalue weighted by atomic mass is 16.2. The molecule has 1 N–H and O–H groups in total. The summed E-state index contributed by atoms with van der Waals surface area (Å²) in [5.74, 6) is 0.207. The molecule has 5 nitrogen and oxygen atoms in total. The molecular weight excluding hydrogens is 350 g/mol. The number of anilines is 1. The third kappa shape index (κ3) is 5.67. The Labute approximate surface area is 167 Å². The van der Waals surface area contributed by atoms with Crippen molar-refractivity contribution in [1.82, 2.24) is 9.80 Å². The highest BCUT2D eigenvalue weighted by Crippen LogP contribution is 2.19. The molecule has 2 aromatic rings. The molecule has 0 radical (unpaired) electrons. The van der Waals surface area contributed by atoms with Gasteiger partial charge >= 0.3 is 0 Å². The van der Waals surface area contributed by atoms with Crippen LogP contribution >= 0.6 is 0 Å². The van der Waals surface area contributed by atoms with Crippen LogP contribution in [-0.2, 0) is 16.1 Å². The lowest BCUT2D eigenvalue weighted by atomic mass is 9.95. The average Bonchev–Trinajstić information content (AvgIpc) is 2.71. The number of amides is 2. The summed E-state index contributed by atoms with van der Waals surface area (Å²) in [6.07, 6.45) is 1.57. The summed E-state index contributed by atoms with van der Waals surface area (Å²) in [4.78, 5) is 28.9. The van der Waals surface area contributed by atoms with E-state index in [1.165, 1.54) is 5.56 Å². The molecule has 0 unspecified atom stereocenters. The molecule has 5 heteroatoms. The van der Waals surface area contributed by atoms with E-state index in [0.717, 1.165) is 37.2 Å².